The van der Waals surface area contributed by atoms with Gasteiger partial charge in [0.1, 0.15) is 32.2 Å². The second kappa shape index (κ2) is 9.83. The fraction of sp³-hybridized carbons (Fsp3) is 0.500. The third-order valence-electron chi connectivity index (χ3n) is 6.10. The largest absolute Gasteiger partial charge is 0.354 e. The highest BCUT2D eigenvalue weighted by molar-refractivity contribution is 7.80. The summed E-state index contributed by atoms with van der Waals surface area (Å²) in [5, 5.41) is 9.89. The third-order valence-corrected chi connectivity index (χ3v) is 7.28. The number of piperazine rings is 1. The van der Waals surface area contributed by atoms with E-state index < -0.39 is 0 Å². The van der Waals surface area contributed by atoms with Gasteiger partial charge in [-0.05, 0) is 68.6 Å². The minimum Gasteiger partial charge on any atom is -0.354 e. The number of hydrogen-bond acceptors (Lipinski definition) is 2. The van der Waals surface area contributed by atoms with E-state index in [4.69, 9.17) is 12.2 Å². The molecule has 1 aliphatic rings. The van der Waals surface area contributed by atoms with Gasteiger partial charge in [-0.15, -0.1) is 11.3 Å². The van der Waals surface area contributed by atoms with Gasteiger partial charge in [0, 0.05) is 5.69 Å². The van der Waals surface area contributed by atoms with Crippen LogP contribution in [0.3, 0.4) is 0 Å². The molecule has 0 radical (unpaired) electrons. The first-order chi connectivity index (χ1) is 13.5. The Morgan fingerprint density at radius 2 is 1.89 bits per heavy atom. The predicted molar refractivity (Wildman–Crippen MR) is 124 cm³/mol. The molecule has 6 heteroatoms. The number of anilines is 1. The molecule has 2 atom stereocenters. The van der Waals surface area contributed by atoms with Crippen LogP contribution in [0.15, 0.2) is 35.7 Å². The van der Waals surface area contributed by atoms with Crippen LogP contribution in [0.5, 0.6) is 0 Å². The Labute approximate surface area is 178 Å². The van der Waals surface area contributed by atoms with Crippen molar-refractivity contribution in [2.24, 2.45) is 0 Å². The number of nitrogens with one attached hydrogen (secondary N) is 4. The number of aryl methyl sites for hydroxylation is 1. The Balaban J connectivity index is 1.68. The normalized spacial score (nSPS) is 21.7. The molecule has 0 aliphatic carbocycles. The average molecular weight is 419 g/mol. The van der Waals surface area contributed by atoms with Crippen molar-refractivity contribution in [2.45, 2.75) is 39.8 Å². The first-order valence-electron chi connectivity index (χ1n) is 10.3. The lowest BCUT2D eigenvalue weighted by Crippen LogP contribution is -3.28. The number of thiocarbonyl (C=S) groups is 1. The van der Waals surface area contributed by atoms with E-state index in [2.05, 4.69) is 74.0 Å². The molecule has 0 saturated carbocycles. The maximum atomic E-state index is 5.67. The number of thiophene rings is 1. The molecule has 28 heavy (non-hydrogen) atoms. The van der Waals surface area contributed by atoms with Crippen molar-refractivity contribution >= 4 is 34.4 Å². The van der Waals surface area contributed by atoms with Gasteiger partial charge in [0.15, 0.2) is 5.11 Å². The summed E-state index contributed by atoms with van der Waals surface area (Å²) < 4.78 is 0. The molecule has 1 aromatic carbocycles. The Morgan fingerprint density at radius 3 is 2.54 bits per heavy atom. The predicted octanol–water partition coefficient (Wildman–Crippen LogP) is 1.58. The van der Waals surface area contributed by atoms with Crippen molar-refractivity contribution in [1.82, 2.24) is 5.32 Å². The molecule has 1 aromatic heterocycles. The fourth-order valence-corrected chi connectivity index (χ4v) is 5.48. The molecule has 1 fully saturated rings. The quantitative estimate of drug-likeness (QED) is 0.538. The lowest BCUT2D eigenvalue weighted by Gasteiger charge is -2.37. The maximum absolute atomic E-state index is 5.67. The number of likely N-dealkylation sites (N-methyl/N-ethyl adjacent to an activating group) is 1. The van der Waals surface area contributed by atoms with Gasteiger partial charge >= 0.3 is 0 Å². The van der Waals surface area contributed by atoms with Crippen LogP contribution >= 0.6 is 23.6 Å². The van der Waals surface area contributed by atoms with Crippen LogP contribution in [0.25, 0.3) is 0 Å². The second-order valence-electron chi connectivity index (χ2n) is 7.89. The van der Waals surface area contributed by atoms with Crippen molar-refractivity contribution in [3.05, 3.63) is 51.7 Å². The second-order valence-corrected chi connectivity index (χ2v) is 9.28. The van der Waals surface area contributed by atoms with E-state index >= 15 is 0 Å². The molecular weight excluding hydrogens is 384 g/mol. The maximum Gasteiger partial charge on any atom is 0.171 e. The molecular formula is C22H34N4S2+2. The summed E-state index contributed by atoms with van der Waals surface area (Å²) in [5.41, 5.74) is 3.61. The van der Waals surface area contributed by atoms with E-state index in [1.807, 2.05) is 11.3 Å². The van der Waals surface area contributed by atoms with Crippen LogP contribution in [-0.4, -0.2) is 43.9 Å². The summed E-state index contributed by atoms with van der Waals surface area (Å²) >= 11 is 7.53. The molecule has 0 spiro atoms. The van der Waals surface area contributed by atoms with Crippen molar-refractivity contribution < 1.29 is 9.80 Å². The number of rotatable bonds is 6. The Bertz CT molecular complexity index is 767. The molecule has 2 heterocycles. The van der Waals surface area contributed by atoms with Crippen molar-refractivity contribution in [1.29, 1.82) is 0 Å². The molecule has 0 unspecified atom stereocenters. The van der Waals surface area contributed by atoms with Crippen molar-refractivity contribution in [3.63, 3.8) is 0 Å². The van der Waals surface area contributed by atoms with Crippen LogP contribution in [0.1, 0.15) is 35.9 Å². The summed E-state index contributed by atoms with van der Waals surface area (Å²) in [6.07, 6.45) is 0. The number of hydrogen-bond donors (Lipinski definition) is 4. The van der Waals surface area contributed by atoms with Crippen LogP contribution in [0, 0.1) is 13.8 Å². The standard InChI is InChI=1S/C22H32N4S2/c1-5-25-11-13-26(14-12-25)21(20-10-7-15-28-20)18(4)23-22(27)24-19-9-6-8-16(2)17(19)3/h6-10,15,18,21H,5,11-14H2,1-4H3,(H2,23,24,27)/p+2/t18-,21-/m0/s1. The Kier molecular flexibility index (Phi) is 7.46. The highest BCUT2D eigenvalue weighted by Crippen LogP contribution is 2.21. The van der Waals surface area contributed by atoms with Crippen LogP contribution in [0.2, 0.25) is 0 Å². The van der Waals surface area contributed by atoms with Crippen molar-refractivity contribution in [2.75, 3.05) is 38.0 Å². The van der Waals surface area contributed by atoms with E-state index in [0.717, 1.165) is 5.69 Å². The topological polar surface area (TPSA) is 32.9 Å². The first-order valence-corrected chi connectivity index (χ1v) is 11.6. The highest BCUT2D eigenvalue weighted by Gasteiger charge is 2.34. The minimum absolute atomic E-state index is 0.266. The molecule has 152 valence electrons. The van der Waals surface area contributed by atoms with Gasteiger partial charge in [0.25, 0.3) is 0 Å². The Morgan fingerprint density at radius 1 is 1.14 bits per heavy atom. The van der Waals surface area contributed by atoms with Gasteiger partial charge in [-0.2, -0.15) is 0 Å². The smallest absolute Gasteiger partial charge is 0.171 e. The van der Waals surface area contributed by atoms with Crippen LogP contribution in [-0.2, 0) is 0 Å². The van der Waals surface area contributed by atoms with E-state index in [1.54, 1.807) is 9.80 Å². The van der Waals surface area contributed by atoms with Gasteiger partial charge < -0.3 is 20.4 Å². The lowest BCUT2D eigenvalue weighted by molar-refractivity contribution is -1.03. The van der Waals surface area contributed by atoms with Crippen LogP contribution < -0.4 is 20.4 Å². The molecule has 0 amide bonds. The minimum atomic E-state index is 0.266. The lowest BCUT2D eigenvalue weighted by atomic mass is 10.0. The van der Waals surface area contributed by atoms with Crippen molar-refractivity contribution in [3.8, 4) is 0 Å². The van der Waals surface area contributed by atoms with E-state index in [9.17, 15) is 0 Å². The molecule has 0 bridgehead atoms. The SMILES string of the molecule is CC[NH+]1CC[NH+]([C@H](c2cccs2)[C@H](C)NC(=S)Nc2cccc(C)c2C)CC1. The summed E-state index contributed by atoms with van der Waals surface area (Å²) in [5.74, 6) is 0. The monoisotopic (exact) mass is 418 g/mol. The summed E-state index contributed by atoms with van der Waals surface area (Å²) in [7, 11) is 0. The van der Waals surface area contributed by atoms with Gasteiger partial charge in [-0.25, -0.2) is 0 Å². The van der Waals surface area contributed by atoms with Gasteiger partial charge in [0.2, 0.25) is 0 Å². The fourth-order valence-electron chi connectivity index (χ4n) is 4.19. The Hall–Kier alpha value is -1.47. The summed E-state index contributed by atoms with van der Waals surface area (Å²) in [6.45, 7) is 15.0. The zero-order valence-electron chi connectivity index (χ0n) is 17.5. The van der Waals surface area contributed by atoms with Gasteiger partial charge in [-0.3, -0.25) is 0 Å². The summed E-state index contributed by atoms with van der Waals surface area (Å²) in [4.78, 5) is 4.85. The highest BCUT2D eigenvalue weighted by atomic mass is 32.1. The van der Waals surface area contributed by atoms with E-state index in [-0.39, 0.29) is 6.04 Å². The molecule has 1 saturated heterocycles. The molecule has 3 rings (SSSR count). The zero-order valence-corrected chi connectivity index (χ0v) is 19.1. The number of quaternary nitrogens is 2. The third kappa shape index (κ3) is 5.11. The molecule has 2 aromatic rings. The number of benzene rings is 1. The van der Waals surface area contributed by atoms with E-state index in [0.29, 0.717) is 11.2 Å². The van der Waals surface area contributed by atoms with E-state index in [1.165, 1.54) is 48.7 Å². The van der Waals surface area contributed by atoms with Gasteiger partial charge in [0.05, 0.1) is 17.5 Å². The summed E-state index contributed by atoms with van der Waals surface area (Å²) in [6, 6.07) is 11.4. The molecule has 4 nitrogen and oxygen atoms in total. The van der Waals surface area contributed by atoms with Crippen LogP contribution in [0.4, 0.5) is 5.69 Å². The first kappa shape index (κ1) is 21.2. The average Bonchev–Trinajstić information content (AvgIpc) is 3.20. The molecule has 4 N–H and O–H groups in total. The molecule has 1 aliphatic heterocycles. The van der Waals surface area contributed by atoms with Gasteiger partial charge in [-0.1, -0.05) is 18.2 Å². The zero-order chi connectivity index (χ0) is 20.1.